The summed E-state index contributed by atoms with van der Waals surface area (Å²) in [5.41, 5.74) is 5.36. The number of carbonyl (C=O) groups is 1. The zero-order chi connectivity index (χ0) is 20.7. The summed E-state index contributed by atoms with van der Waals surface area (Å²) >= 11 is 0. The van der Waals surface area contributed by atoms with Gasteiger partial charge in [-0.1, -0.05) is 18.2 Å². The second-order valence-corrected chi connectivity index (χ2v) is 7.96. The molecule has 0 saturated heterocycles. The summed E-state index contributed by atoms with van der Waals surface area (Å²) in [6, 6.07) is 14.1. The zero-order valence-corrected chi connectivity index (χ0v) is 17.1. The number of fused-ring (bicyclic) bond motifs is 2. The van der Waals surface area contributed by atoms with Crippen molar-refractivity contribution >= 4 is 22.5 Å². The number of amides is 1. The molecule has 0 radical (unpaired) electrons. The Hall–Kier alpha value is -3.51. The number of aryl methyl sites for hydroxylation is 1. The molecule has 1 aliphatic heterocycles. The van der Waals surface area contributed by atoms with Crippen LogP contribution in [-0.2, 0) is 20.0 Å². The first-order valence-electron chi connectivity index (χ1n) is 10.1. The van der Waals surface area contributed by atoms with Crippen LogP contribution in [0.4, 0.5) is 5.82 Å². The average molecular weight is 397 g/mol. The van der Waals surface area contributed by atoms with Crippen LogP contribution >= 0.6 is 0 Å². The third kappa shape index (κ3) is 3.57. The minimum absolute atomic E-state index is 0.138. The third-order valence-electron chi connectivity index (χ3n) is 5.67. The van der Waals surface area contributed by atoms with Crippen molar-refractivity contribution in [3.63, 3.8) is 0 Å². The molecule has 2 aromatic carbocycles. The summed E-state index contributed by atoms with van der Waals surface area (Å²) in [5.74, 6) is 0.409. The number of benzene rings is 2. The van der Waals surface area contributed by atoms with Crippen molar-refractivity contribution < 1.29 is 4.79 Å². The van der Waals surface area contributed by atoms with E-state index in [2.05, 4.69) is 45.5 Å². The maximum Gasteiger partial charge on any atom is 0.256 e. The quantitative estimate of drug-likeness (QED) is 0.570. The van der Waals surface area contributed by atoms with Crippen molar-refractivity contribution in [2.24, 2.45) is 7.05 Å². The van der Waals surface area contributed by atoms with E-state index in [9.17, 15) is 4.79 Å². The number of pyridine rings is 1. The van der Waals surface area contributed by atoms with Gasteiger partial charge in [0.15, 0.2) is 0 Å². The Morgan fingerprint density at radius 1 is 0.967 bits per heavy atom. The molecule has 1 aliphatic rings. The number of nitrogens with zero attached hydrogens (tertiary/aromatic N) is 4. The fourth-order valence-electron chi connectivity index (χ4n) is 3.99. The van der Waals surface area contributed by atoms with Gasteiger partial charge < -0.3 is 10.2 Å². The Balaban J connectivity index is 1.41. The number of rotatable bonds is 3. The minimum Gasteiger partial charge on any atom is -0.307 e. The van der Waals surface area contributed by atoms with E-state index in [1.54, 1.807) is 10.9 Å². The van der Waals surface area contributed by atoms with E-state index in [0.717, 1.165) is 41.4 Å². The predicted molar refractivity (Wildman–Crippen MR) is 118 cm³/mol. The Labute approximate surface area is 175 Å². The lowest BCUT2D eigenvalue weighted by Crippen LogP contribution is -2.27. The predicted octanol–water partition coefficient (Wildman–Crippen LogP) is 3.88. The first-order valence-corrected chi connectivity index (χ1v) is 10.1. The summed E-state index contributed by atoms with van der Waals surface area (Å²) in [4.78, 5) is 19.5. The van der Waals surface area contributed by atoms with Gasteiger partial charge in [0.05, 0.1) is 6.20 Å². The highest BCUT2D eigenvalue weighted by atomic mass is 16.1. The Bertz CT molecular complexity index is 1260. The molecule has 0 fully saturated rings. The van der Waals surface area contributed by atoms with E-state index >= 15 is 0 Å². The van der Waals surface area contributed by atoms with E-state index in [4.69, 9.17) is 0 Å². The van der Waals surface area contributed by atoms with Gasteiger partial charge in [-0.25, -0.2) is 4.98 Å². The fourth-order valence-corrected chi connectivity index (χ4v) is 3.99. The first-order chi connectivity index (χ1) is 14.5. The Morgan fingerprint density at radius 3 is 2.70 bits per heavy atom. The molecule has 6 nitrogen and oxygen atoms in total. The van der Waals surface area contributed by atoms with E-state index in [1.807, 2.05) is 43.7 Å². The van der Waals surface area contributed by atoms with Gasteiger partial charge in [0.1, 0.15) is 5.82 Å². The molecule has 0 atom stereocenters. The lowest BCUT2D eigenvalue weighted by Gasteiger charge is -2.25. The second-order valence-electron chi connectivity index (χ2n) is 7.96. The van der Waals surface area contributed by atoms with Crippen LogP contribution in [0.5, 0.6) is 0 Å². The molecule has 3 heterocycles. The monoisotopic (exact) mass is 397 g/mol. The molecule has 0 unspecified atom stereocenters. The molecule has 1 N–H and O–H groups in total. The van der Waals surface area contributed by atoms with Crippen molar-refractivity contribution in [2.75, 3.05) is 18.9 Å². The van der Waals surface area contributed by atoms with E-state index in [-0.39, 0.29) is 5.91 Å². The van der Waals surface area contributed by atoms with Gasteiger partial charge in [-0.2, -0.15) is 5.10 Å². The SMILES string of the molecule is CN1CCc2ccc(C(=O)Nc3cc4cc(-c5cnn(C)c5)ccc4cn3)cc2C1. The van der Waals surface area contributed by atoms with Crippen LogP contribution in [0.3, 0.4) is 0 Å². The molecule has 0 spiro atoms. The molecule has 0 aliphatic carbocycles. The van der Waals surface area contributed by atoms with E-state index in [1.165, 1.54) is 11.1 Å². The van der Waals surface area contributed by atoms with Crippen LogP contribution in [0.15, 0.2) is 61.1 Å². The summed E-state index contributed by atoms with van der Waals surface area (Å²) in [6.45, 7) is 1.93. The van der Waals surface area contributed by atoms with Crippen LogP contribution in [0.1, 0.15) is 21.5 Å². The largest absolute Gasteiger partial charge is 0.307 e. The first kappa shape index (κ1) is 18.5. The fraction of sp³-hybridized carbons (Fsp3) is 0.208. The zero-order valence-electron chi connectivity index (χ0n) is 17.1. The number of nitrogens with one attached hydrogen (secondary N) is 1. The third-order valence-corrected chi connectivity index (χ3v) is 5.67. The molecule has 6 heteroatoms. The summed E-state index contributed by atoms with van der Waals surface area (Å²) in [6.07, 6.45) is 6.65. The standard InChI is InChI=1S/C24H23N5O/c1-28-8-7-16-3-5-18(10-21(16)14-28)24(30)27-23-11-20-9-17(4-6-19(20)12-25-23)22-13-26-29(2)15-22/h3-6,9-13,15H,7-8,14H2,1-2H3,(H,25,27,30). The molecule has 2 aromatic heterocycles. The van der Waals surface area contributed by atoms with Crippen molar-refractivity contribution in [3.05, 3.63) is 77.7 Å². The van der Waals surface area contributed by atoms with Crippen molar-refractivity contribution in [3.8, 4) is 11.1 Å². The summed E-state index contributed by atoms with van der Waals surface area (Å²) < 4.78 is 1.79. The van der Waals surface area contributed by atoms with Crippen LogP contribution in [0, 0.1) is 0 Å². The lowest BCUT2D eigenvalue weighted by molar-refractivity contribution is 0.102. The van der Waals surface area contributed by atoms with Crippen LogP contribution in [0.25, 0.3) is 21.9 Å². The Kier molecular flexibility index (Phi) is 4.56. The summed E-state index contributed by atoms with van der Waals surface area (Å²) in [7, 11) is 4.01. The molecule has 4 aromatic rings. The average Bonchev–Trinajstić information content (AvgIpc) is 3.19. The lowest BCUT2D eigenvalue weighted by atomic mass is 9.97. The Morgan fingerprint density at radius 2 is 1.87 bits per heavy atom. The van der Waals surface area contributed by atoms with Crippen LogP contribution < -0.4 is 5.32 Å². The molecule has 5 rings (SSSR count). The molecular weight excluding hydrogens is 374 g/mol. The highest BCUT2D eigenvalue weighted by Gasteiger charge is 2.16. The molecule has 0 saturated carbocycles. The van der Waals surface area contributed by atoms with Crippen molar-refractivity contribution in [1.82, 2.24) is 19.7 Å². The van der Waals surface area contributed by atoms with Crippen LogP contribution in [0.2, 0.25) is 0 Å². The number of hydrogen-bond acceptors (Lipinski definition) is 4. The molecule has 150 valence electrons. The number of carbonyl (C=O) groups excluding carboxylic acids is 1. The maximum absolute atomic E-state index is 12.8. The number of anilines is 1. The number of likely N-dealkylation sites (N-methyl/N-ethyl adjacent to an activating group) is 1. The summed E-state index contributed by atoms with van der Waals surface area (Å²) in [5, 5.41) is 9.24. The highest BCUT2D eigenvalue weighted by Crippen LogP contribution is 2.25. The van der Waals surface area contributed by atoms with Gasteiger partial charge in [-0.05, 0) is 59.8 Å². The smallest absolute Gasteiger partial charge is 0.256 e. The topological polar surface area (TPSA) is 63.1 Å². The molecule has 0 bridgehead atoms. The minimum atomic E-state index is -0.138. The van der Waals surface area contributed by atoms with Crippen LogP contribution in [-0.4, -0.2) is 39.2 Å². The molecular formula is C24H23N5O. The number of aromatic nitrogens is 3. The highest BCUT2D eigenvalue weighted by molar-refractivity contribution is 6.04. The molecule has 30 heavy (non-hydrogen) atoms. The van der Waals surface area contributed by atoms with Gasteiger partial charge in [-0.15, -0.1) is 0 Å². The van der Waals surface area contributed by atoms with E-state index < -0.39 is 0 Å². The number of hydrogen-bond donors (Lipinski definition) is 1. The van der Waals surface area contributed by atoms with Crippen molar-refractivity contribution in [2.45, 2.75) is 13.0 Å². The van der Waals surface area contributed by atoms with Gasteiger partial charge in [0.25, 0.3) is 5.91 Å². The van der Waals surface area contributed by atoms with Gasteiger partial charge in [0.2, 0.25) is 0 Å². The van der Waals surface area contributed by atoms with Gasteiger partial charge >= 0.3 is 0 Å². The van der Waals surface area contributed by atoms with E-state index in [0.29, 0.717) is 11.4 Å². The van der Waals surface area contributed by atoms with Gasteiger partial charge in [0, 0.05) is 49.0 Å². The normalized spacial score (nSPS) is 13.9. The van der Waals surface area contributed by atoms with Crippen molar-refractivity contribution in [1.29, 1.82) is 0 Å². The second kappa shape index (κ2) is 7.39. The van der Waals surface area contributed by atoms with Gasteiger partial charge in [-0.3, -0.25) is 9.48 Å². The maximum atomic E-state index is 12.8. The molecule has 1 amide bonds.